The zero-order chi connectivity index (χ0) is 13.0. The molecule has 0 bridgehead atoms. The minimum Gasteiger partial charge on any atom is -0.391 e. The van der Waals surface area contributed by atoms with Crippen molar-refractivity contribution in [2.45, 2.75) is 44.2 Å². The van der Waals surface area contributed by atoms with Gasteiger partial charge in [-0.15, -0.1) is 12.4 Å². The predicted molar refractivity (Wildman–Crippen MR) is 77.9 cm³/mol. The van der Waals surface area contributed by atoms with E-state index < -0.39 is 12.1 Å². The number of nitrogens with zero attached hydrogens (tertiary/aromatic N) is 1. The van der Waals surface area contributed by atoms with Crippen LogP contribution >= 0.6 is 12.4 Å². The lowest BCUT2D eigenvalue weighted by Crippen LogP contribution is -2.34. The first kappa shape index (κ1) is 16.0. The van der Waals surface area contributed by atoms with Crippen LogP contribution in [0, 0.1) is 17.2 Å². The lowest BCUT2D eigenvalue weighted by atomic mass is 9.81. The molecule has 0 radical (unpaired) electrons. The average molecular weight is 281 g/mol. The van der Waals surface area contributed by atoms with E-state index in [1.807, 2.05) is 18.2 Å². The summed E-state index contributed by atoms with van der Waals surface area (Å²) in [4.78, 5) is 0. The molecule has 4 heteroatoms. The van der Waals surface area contributed by atoms with Gasteiger partial charge in [0.25, 0.3) is 0 Å². The van der Waals surface area contributed by atoms with Gasteiger partial charge in [-0.3, -0.25) is 0 Å². The monoisotopic (exact) mass is 280 g/mol. The predicted octanol–water partition coefficient (Wildman–Crippen LogP) is 2.92. The van der Waals surface area contributed by atoms with Crippen LogP contribution in [-0.2, 0) is 0 Å². The van der Waals surface area contributed by atoms with Crippen molar-refractivity contribution in [3.05, 3.63) is 35.4 Å². The summed E-state index contributed by atoms with van der Waals surface area (Å²) in [7, 11) is 0. The molecule has 1 fully saturated rings. The Morgan fingerprint density at radius 2 is 1.84 bits per heavy atom. The Hall–Kier alpha value is -1.08. The van der Waals surface area contributed by atoms with Crippen LogP contribution in [0.4, 0.5) is 0 Å². The minimum atomic E-state index is -0.542. The molecule has 1 saturated carbocycles. The van der Waals surface area contributed by atoms with Crippen LogP contribution in [0.1, 0.15) is 49.3 Å². The second kappa shape index (κ2) is 7.49. The van der Waals surface area contributed by atoms with Gasteiger partial charge in [-0.05, 0) is 30.4 Å². The number of rotatable bonds is 3. The van der Waals surface area contributed by atoms with E-state index in [-0.39, 0.29) is 18.3 Å². The largest absolute Gasteiger partial charge is 0.391 e. The zero-order valence-corrected chi connectivity index (χ0v) is 11.8. The summed E-state index contributed by atoms with van der Waals surface area (Å²) in [5.74, 6) is 0.278. The van der Waals surface area contributed by atoms with Crippen LogP contribution < -0.4 is 5.73 Å². The van der Waals surface area contributed by atoms with Crippen LogP contribution in [0.15, 0.2) is 24.3 Å². The highest BCUT2D eigenvalue weighted by Gasteiger charge is 2.28. The number of hydrogen-bond acceptors (Lipinski definition) is 3. The molecule has 0 aliphatic heterocycles. The summed E-state index contributed by atoms with van der Waals surface area (Å²) in [6.45, 7) is 0. The lowest BCUT2D eigenvalue weighted by Gasteiger charge is -2.30. The molecule has 3 nitrogen and oxygen atoms in total. The summed E-state index contributed by atoms with van der Waals surface area (Å²) in [6, 6.07) is 8.97. The Labute approximate surface area is 120 Å². The van der Waals surface area contributed by atoms with Gasteiger partial charge in [0.1, 0.15) is 0 Å². The molecule has 1 aliphatic carbocycles. The van der Waals surface area contributed by atoms with Gasteiger partial charge < -0.3 is 10.8 Å². The molecule has 0 saturated heterocycles. The van der Waals surface area contributed by atoms with E-state index in [0.29, 0.717) is 5.56 Å². The standard InChI is InChI=1S/C15H20N2O.ClH/c16-10-12-8-4-5-9-13(12)14(17)15(18)11-6-2-1-3-7-11;/h4-5,8-9,11,14-15,18H,1-3,6-7,17H2;1H/t14-,15+;/m1./s1. The molecule has 0 amide bonds. The Morgan fingerprint density at radius 3 is 2.47 bits per heavy atom. The van der Waals surface area contributed by atoms with Crippen molar-refractivity contribution < 1.29 is 5.11 Å². The van der Waals surface area contributed by atoms with Crippen molar-refractivity contribution in [2.75, 3.05) is 0 Å². The van der Waals surface area contributed by atoms with E-state index in [1.54, 1.807) is 6.07 Å². The van der Waals surface area contributed by atoms with Crippen LogP contribution in [-0.4, -0.2) is 11.2 Å². The Bertz CT molecular complexity index is 438. The first-order chi connectivity index (χ1) is 8.74. The van der Waals surface area contributed by atoms with Crippen LogP contribution in [0.2, 0.25) is 0 Å². The highest BCUT2D eigenvalue weighted by atomic mass is 35.5. The van der Waals surface area contributed by atoms with Crippen LogP contribution in [0.3, 0.4) is 0 Å². The summed E-state index contributed by atoms with van der Waals surface area (Å²) in [5.41, 5.74) is 7.48. The molecule has 1 aromatic rings. The molecular formula is C15H21ClN2O. The number of aliphatic hydroxyl groups excluding tert-OH is 1. The molecule has 2 atom stereocenters. The van der Waals surface area contributed by atoms with Gasteiger partial charge in [0.2, 0.25) is 0 Å². The Balaban J connectivity index is 0.00000180. The average Bonchev–Trinajstić information content (AvgIpc) is 2.46. The molecule has 0 aromatic heterocycles. The number of nitrogens with two attached hydrogens (primary N) is 1. The molecule has 104 valence electrons. The van der Waals surface area contributed by atoms with Gasteiger partial charge in [0.05, 0.1) is 23.8 Å². The van der Waals surface area contributed by atoms with Crippen molar-refractivity contribution in [2.24, 2.45) is 11.7 Å². The van der Waals surface area contributed by atoms with Crippen molar-refractivity contribution in [1.29, 1.82) is 5.26 Å². The maximum absolute atomic E-state index is 10.4. The van der Waals surface area contributed by atoms with Crippen molar-refractivity contribution in [3.63, 3.8) is 0 Å². The fourth-order valence-corrected chi connectivity index (χ4v) is 2.84. The highest BCUT2D eigenvalue weighted by Crippen LogP contribution is 2.32. The third-order valence-electron chi connectivity index (χ3n) is 3.94. The van der Waals surface area contributed by atoms with Crippen molar-refractivity contribution in [3.8, 4) is 6.07 Å². The number of halogens is 1. The van der Waals surface area contributed by atoms with E-state index >= 15 is 0 Å². The SMILES string of the molecule is Cl.N#Cc1ccccc1[C@@H](N)[C@@H](O)C1CCCCC1. The van der Waals surface area contributed by atoms with E-state index in [9.17, 15) is 5.11 Å². The van der Waals surface area contributed by atoms with E-state index in [4.69, 9.17) is 11.0 Å². The fraction of sp³-hybridized carbons (Fsp3) is 0.533. The minimum absolute atomic E-state index is 0. The molecule has 2 rings (SSSR count). The van der Waals surface area contributed by atoms with Gasteiger partial charge in [0.15, 0.2) is 0 Å². The summed E-state index contributed by atoms with van der Waals surface area (Å²) in [6.07, 6.45) is 5.16. The van der Waals surface area contributed by atoms with E-state index in [1.165, 1.54) is 19.3 Å². The molecule has 3 N–H and O–H groups in total. The van der Waals surface area contributed by atoms with Crippen molar-refractivity contribution in [1.82, 2.24) is 0 Å². The number of nitriles is 1. The van der Waals surface area contributed by atoms with Gasteiger partial charge >= 0.3 is 0 Å². The second-order valence-corrected chi connectivity index (χ2v) is 5.11. The second-order valence-electron chi connectivity index (χ2n) is 5.11. The van der Waals surface area contributed by atoms with Gasteiger partial charge in [0, 0.05) is 0 Å². The van der Waals surface area contributed by atoms with Gasteiger partial charge in [-0.2, -0.15) is 5.26 Å². The number of aliphatic hydroxyl groups is 1. The summed E-state index contributed by atoms with van der Waals surface area (Å²) in [5, 5.41) is 19.5. The summed E-state index contributed by atoms with van der Waals surface area (Å²) >= 11 is 0. The van der Waals surface area contributed by atoms with Gasteiger partial charge in [-0.25, -0.2) is 0 Å². The molecule has 0 spiro atoms. The van der Waals surface area contributed by atoms with E-state index in [0.717, 1.165) is 18.4 Å². The highest BCUT2D eigenvalue weighted by molar-refractivity contribution is 5.85. The molecule has 0 heterocycles. The quantitative estimate of drug-likeness (QED) is 0.894. The van der Waals surface area contributed by atoms with E-state index in [2.05, 4.69) is 6.07 Å². The fourth-order valence-electron chi connectivity index (χ4n) is 2.84. The third kappa shape index (κ3) is 3.70. The maximum Gasteiger partial charge on any atom is 0.0995 e. The van der Waals surface area contributed by atoms with Crippen molar-refractivity contribution >= 4 is 12.4 Å². The van der Waals surface area contributed by atoms with Crippen LogP contribution in [0.25, 0.3) is 0 Å². The Morgan fingerprint density at radius 1 is 1.21 bits per heavy atom. The smallest absolute Gasteiger partial charge is 0.0995 e. The molecule has 1 aliphatic rings. The normalized spacial score (nSPS) is 19.0. The first-order valence-electron chi connectivity index (χ1n) is 6.66. The first-order valence-corrected chi connectivity index (χ1v) is 6.66. The molecule has 1 aromatic carbocycles. The zero-order valence-electron chi connectivity index (χ0n) is 11.0. The maximum atomic E-state index is 10.4. The Kier molecular flexibility index (Phi) is 6.30. The summed E-state index contributed by atoms with van der Waals surface area (Å²) < 4.78 is 0. The molecule has 19 heavy (non-hydrogen) atoms. The van der Waals surface area contributed by atoms with Crippen LogP contribution in [0.5, 0.6) is 0 Å². The number of benzene rings is 1. The number of hydrogen-bond donors (Lipinski definition) is 2. The molecular weight excluding hydrogens is 260 g/mol. The molecule has 0 unspecified atom stereocenters. The third-order valence-corrected chi connectivity index (χ3v) is 3.94. The van der Waals surface area contributed by atoms with Gasteiger partial charge in [-0.1, -0.05) is 37.5 Å². The lowest BCUT2D eigenvalue weighted by molar-refractivity contribution is 0.0617. The topological polar surface area (TPSA) is 70.0 Å².